The molecule has 1 saturated heterocycles. The number of carbonyl (C=O) groups excluding carboxylic acids is 1. The topological polar surface area (TPSA) is 97.8 Å². The Morgan fingerprint density at radius 2 is 1.97 bits per heavy atom. The highest BCUT2D eigenvalue weighted by Gasteiger charge is 2.28. The number of nitrogens with zero attached hydrogens (tertiary/aromatic N) is 2. The van der Waals surface area contributed by atoms with Crippen LogP contribution in [0.1, 0.15) is 36.8 Å². The highest BCUT2D eigenvalue weighted by Crippen LogP contribution is 2.29. The van der Waals surface area contributed by atoms with Gasteiger partial charge < -0.3 is 9.47 Å². The molecule has 0 spiro atoms. The van der Waals surface area contributed by atoms with Gasteiger partial charge in [0, 0.05) is 23.9 Å². The van der Waals surface area contributed by atoms with E-state index < -0.39 is 15.9 Å². The van der Waals surface area contributed by atoms with Crippen LogP contribution in [0.25, 0.3) is 0 Å². The number of rotatable bonds is 5. The number of anilines is 1. The van der Waals surface area contributed by atoms with Crippen molar-refractivity contribution in [3.63, 3.8) is 0 Å². The maximum atomic E-state index is 12.9. The third-order valence-corrected chi connectivity index (χ3v) is 7.17. The van der Waals surface area contributed by atoms with E-state index in [0.29, 0.717) is 18.3 Å². The number of nitrogens with one attached hydrogen (secondary N) is 1. The van der Waals surface area contributed by atoms with Crippen molar-refractivity contribution in [2.45, 2.75) is 31.1 Å². The lowest BCUT2D eigenvalue weighted by Crippen LogP contribution is -2.40. The van der Waals surface area contributed by atoms with Gasteiger partial charge in [0.05, 0.1) is 36.5 Å². The zero-order valence-corrected chi connectivity index (χ0v) is 18.5. The van der Waals surface area contributed by atoms with Gasteiger partial charge in [-0.3, -0.25) is 10.1 Å². The van der Waals surface area contributed by atoms with Crippen LogP contribution >= 0.6 is 11.3 Å². The van der Waals surface area contributed by atoms with E-state index in [9.17, 15) is 13.2 Å². The largest absolute Gasteiger partial charge is 0.496 e. The molecule has 1 aliphatic rings. The number of ether oxygens (including phenoxy) is 2. The Hall–Kier alpha value is -2.01. The van der Waals surface area contributed by atoms with Crippen molar-refractivity contribution in [3.8, 4) is 5.75 Å². The number of carbonyl (C=O) groups is 1. The van der Waals surface area contributed by atoms with Gasteiger partial charge in [-0.25, -0.2) is 13.4 Å². The minimum atomic E-state index is -3.73. The summed E-state index contributed by atoms with van der Waals surface area (Å²) in [5.74, 6) is -0.188. The van der Waals surface area contributed by atoms with E-state index in [-0.39, 0.29) is 34.7 Å². The van der Waals surface area contributed by atoms with E-state index >= 15 is 0 Å². The number of amides is 1. The summed E-state index contributed by atoms with van der Waals surface area (Å²) >= 11 is 1.32. The summed E-state index contributed by atoms with van der Waals surface area (Å²) in [6, 6.07) is 4.28. The van der Waals surface area contributed by atoms with Crippen molar-refractivity contribution >= 4 is 32.4 Å². The molecule has 158 valence electrons. The molecule has 0 atom stereocenters. The standard InChI is InChI=1S/C19H25N3O5S2/c1-19(2,3)16-12-28-18(20-16)21-17(23)14-11-13(5-6-15(14)26-4)29(24,25)22-7-9-27-10-8-22/h5-6,11-12H,7-10H2,1-4H3,(H,20,21,23). The molecule has 1 aromatic carbocycles. The van der Waals surface area contributed by atoms with Crippen molar-refractivity contribution in [2.75, 3.05) is 38.7 Å². The van der Waals surface area contributed by atoms with Crippen molar-refractivity contribution in [1.82, 2.24) is 9.29 Å². The fraction of sp³-hybridized carbons (Fsp3) is 0.474. The monoisotopic (exact) mass is 439 g/mol. The van der Waals surface area contributed by atoms with Crippen LogP contribution in [0, 0.1) is 0 Å². The first-order valence-electron chi connectivity index (χ1n) is 9.16. The number of thiazole rings is 1. The Morgan fingerprint density at radius 1 is 1.28 bits per heavy atom. The molecule has 1 aliphatic heterocycles. The van der Waals surface area contributed by atoms with E-state index in [2.05, 4.69) is 10.3 Å². The number of sulfonamides is 1. The lowest BCUT2D eigenvalue weighted by molar-refractivity contribution is 0.0730. The van der Waals surface area contributed by atoms with Crippen LogP contribution in [0.4, 0.5) is 5.13 Å². The molecular formula is C19H25N3O5S2. The van der Waals surface area contributed by atoms with Crippen LogP contribution in [-0.2, 0) is 20.2 Å². The predicted octanol–water partition coefficient (Wildman–Crippen LogP) is 2.72. The number of methoxy groups -OCH3 is 1. The van der Waals surface area contributed by atoms with Crippen molar-refractivity contribution < 1.29 is 22.7 Å². The van der Waals surface area contributed by atoms with E-state index in [4.69, 9.17) is 9.47 Å². The molecule has 1 amide bonds. The van der Waals surface area contributed by atoms with Crippen LogP contribution in [0.5, 0.6) is 5.75 Å². The van der Waals surface area contributed by atoms with Crippen LogP contribution < -0.4 is 10.1 Å². The fourth-order valence-electron chi connectivity index (χ4n) is 2.80. The predicted molar refractivity (Wildman–Crippen MR) is 111 cm³/mol. The molecule has 0 bridgehead atoms. The Morgan fingerprint density at radius 3 is 2.55 bits per heavy atom. The second-order valence-corrected chi connectivity index (χ2v) is 10.4. The molecule has 0 saturated carbocycles. The molecule has 2 heterocycles. The van der Waals surface area contributed by atoms with Gasteiger partial charge in [-0.05, 0) is 18.2 Å². The Balaban J connectivity index is 1.88. The van der Waals surface area contributed by atoms with Crippen LogP contribution in [-0.4, -0.2) is 57.0 Å². The normalized spacial score (nSPS) is 15.9. The highest BCUT2D eigenvalue weighted by molar-refractivity contribution is 7.89. The molecule has 1 aromatic heterocycles. The molecule has 1 N–H and O–H groups in total. The molecule has 29 heavy (non-hydrogen) atoms. The van der Waals surface area contributed by atoms with Crippen molar-refractivity contribution in [2.24, 2.45) is 0 Å². The van der Waals surface area contributed by atoms with Crippen LogP contribution in [0.3, 0.4) is 0 Å². The number of hydrogen-bond donors (Lipinski definition) is 1. The lowest BCUT2D eigenvalue weighted by atomic mass is 9.93. The summed E-state index contributed by atoms with van der Waals surface area (Å²) in [6.07, 6.45) is 0. The Kier molecular flexibility index (Phi) is 6.27. The second kappa shape index (κ2) is 8.39. The summed E-state index contributed by atoms with van der Waals surface area (Å²) in [4.78, 5) is 17.3. The first kappa shape index (κ1) is 21.7. The summed E-state index contributed by atoms with van der Waals surface area (Å²) < 4.78 is 37.7. The van der Waals surface area contributed by atoms with Gasteiger partial charge in [-0.2, -0.15) is 4.31 Å². The first-order chi connectivity index (χ1) is 13.6. The van der Waals surface area contributed by atoms with Gasteiger partial charge >= 0.3 is 0 Å². The molecule has 0 aliphatic carbocycles. The van der Waals surface area contributed by atoms with Gasteiger partial charge in [0.25, 0.3) is 5.91 Å². The highest BCUT2D eigenvalue weighted by atomic mass is 32.2. The van der Waals surface area contributed by atoms with Gasteiger partial charge in [0.2, 0.25) is 10.0 Å². The molecule has 2 aromatic rings. The average molecular weight is 440 g/mol. The van der Waals surface area contributed by atoms with Gasteiger partial charge in [-0.1, -0.05) is 20.8 Å². The lowest BCUT2D eigenvalue weighted by Gasteiger charge is -2.26. The molecule has 10 heteroatoms. The third-order valence-electron chi connectivity index (χ3n) is 4.52. The molecule has 0 radical (unpaired) electrons. The average Bonchev–Trinajstić information content (AvgIpc) is 3.17. The maximum Gasteiger partial charge on any atom is 0.261 e. The van der Waals surface area contributed by atoms with E-state index in [1.165, 1.54) is 41.0 Å². The van der Waals surface area contributed by atoms with Gasteiger partial charge in [-0.15, -0.1) is 11.3 Å². The quantitative estimate of drug-likeness (QED) is 0.769. The van der Waals surface area contributed by atoms with Crippen molar-refractivity contribution in [3.05, 3.63) is 34.8 Å². The van der Waals surface area contributed by atoms with E-state index in [0.717, 1.165) is 5.69 Å². The minimum Gasteiger partial charge on any atom is -0.496 e. The number of hydrogen-bond acceptors (Lipinski definition) is 7. The third kappa shape index (κ3) is 4.77. The SMILES string of the molecule is COc1ccc(S(=O)(=O)N2CCOCC2)cc1C(=O)Nc1nc(C(C)(C)C)cs1. The van der Waals surface area contributed by atoms with E-state index in [1.807, 2.05) is 26.2 Å². The second-order valence-electron chi connectivity index (χ2n) is 7.62. The smallest absolute Gasteiger partial charge is 0.261 e. The fourth-order valence-corrected chi connectivity index (χ4v) is 5.17. The molecule has 8 nitrogen and oxygen atoms in total. The summed E-state index contributed by atoms with van der Waals surface area (Å²) in [5, 5.41) is 5.09. The summed E-state index contributed by atoms with van der Waals surface area (Å²) in [7, 11) is -2.29. The van der Waals surface area contributed by atoms with Gasteiger partial charge in [0.15, 0.2) is 5.13 Å². The maximum absolute atomic E-state index is 12.9. The Labute approximate surface area is 174 Å². The minimum absolute atomic E-state index is 0.0415. The number of morpholine rings is 1. The zero-order chi connectivity index (χ0) is 21.2. The molecule has 1 fully saturated rings. The van der Waals surface area contributed by atoms with Crippen LogP contribution in [0.2, 0.25) is 0 Å². The summed E-state index contributed by atoms with van der Waals surface area (Å²) in [6.45, 7) is 7.38. The van der Waals surface area contributed by atoms with E-state index in [1.54, 1.807) is 0 Å². The zero-order valence-electron chi connectivity index (χ0n) is 16.9. The number of aromatic nitrogens is 1. The van der Waals surface area contributed by atoms with Crippen molar-refractivity contribution in [1.29, 1.82) is 0 Å². The van der Waals surface area contributed by atoms with Crippen LogP contribution in [0.15, 0.2) is 28.5 Å². The Bertz CT molecular complexity index is 990. The van der Waals surface area contributed by atoms with Gasteiger partial charge in [0.1, 0.15) is 5.75 Å². The first-order valence-corrected chi connectivity index (χ1v) is 11.5. The molecular weight excluding hydrogens is 414 g/mol. The molecule has 3 rings (SSSR count). The summed E-state index contributed by atoms with van der Waals surface area (Å²) in [5.41, 5.74) is 0.867. The molecule has 0 unspecified atom stereocenters. The number of benzene rings is 1.